The first-order valence-electron chi connectivity index (χ1n) is 6.82. The molecule has 0 aromatic heterocycles. The van der Waals surface area contributed by atoms with E-state index in [0.717, 1.165) is 25.5 Å². The van der Waals surface area contributed by atoms with Crippen LogP contribution in [0.5, 0.6) is 0 Å². The molecule has 0 bridgehead atoms. The number of aromatic carboxylic acids is 1. The molecule has 7 heteroatoms. The molecule has 0 saturated carbocycles. The number of carboxylic acid groups (broad SMARTS) is 1. The van der Waals surface area contributed by atoms with Crippen LogP contribution in [0.1, 0.15) is 29.6 Å². The monoisotopic (exact) mass is 313 g/mol. The van der Waals surface area contributed by atoms with Gasteiger partial charge in [-0.15, -0.1) is 0 Å². The van der Waals surface area contributed by atoms with Crippen molar-refractivity contribution in [3.8, 4) is 0 Å². The normalized spacial score (nSPS) is 19.5. The molecule has 1 aliphatic heterocycles. The minimum Gasteiger partial charge on any atom is -0.478 e. The van der Waals surface area contributed by atoms with Gasteiger partial charge < -0.3 is 10.0 Å². The molecule has 1 aliphatic rings. The molecule has 0 amide bonds. The van der Waals surface area contributed by atoms with Crippen molar-refractivity contribution in [2.75, 3.05) is 24.3 Å². The lowest BCUT2D eigenvalue weighted by Gasteiger charge is -2.37. The van der Waals surface area contributed by atoms with E-state index in [0.29, 0.717) is 12.2 Å². The van der Waals surface area contributed by atoms with E-state index in [1.807, 2.05) is 4.90 Å². The summed E-state index contributed by atoms with van der Waals surface area (Å²) in [7, 11) is -3.50. The Morgan fingerprint density at radius 2 is 2.10 bits per heavy atom. The Bertz CT molecular complexity index is 614. The number of para-hydroxylation sites is 1. The standard InChI is InChI=1S/C14H19NO5S/c1-21(18,19)20-10-11-6-4-5-9-15(11)13-8-3-2-7-12(13)14(16)17/h2-3,7-8,11H,4-6,9-10H2,1H3,(H,16,17). The summed E-state index contributed by atoms with van der Waals surface area (Å²) in [6, 6.07) is 6.64. The molecule has 1 N–H and O–H groups in total. The van der Waals surface area contributed by atoms with E-state index in [-0.39, 0.29) is 18.2 Å². The quantitative estimate of drug-likeness (QED) is 0.833. The first-order chi connectivity index (χ1) is 9.88. The summed E-state index contributed by atoms with van der Waals surface area (Å²) in [5, 5.41) is 9.29. The molecule has 0 spiro atoms. The molecule has 116 valence electrons. The Kier molecular flexibility index (Phi) is 4.84. The van der Waals surface area contributed by atoms with E-state index in [9.17, 15) is 18.3 Å². The fourth-order valence-corrected chi connectivity index (χ4v) is 3.00. The van der Waals surface area contributed by atoms with Crippen molar-refractivity contribution in [1.82, 2.24) is 0 Å². The maximum absolute atomic E-state index is 11.3. The molecule has 1 unspecified atom stereocenters. The fourth-order valence-electron chi connectivity index (χ4n) is 2.60. The number of nitrogens with zero attached hydrogens (tertiary/aromatic N) is 1. The van der Waals surface area contributed by atoms with Gasteiger partial charge in [0, 0.05) is 6.54 Å². The van der Waals surface area contributed by atoms with Gasteiger partial charge >= 0.3 is 5.97 Å². The Balaban J connectivity index is 2.24. The average Bonchev–Trinajstić information content (AvgIpc) is 2.44. The molecule has 1 saturated heterocycles. The van der Waals surface area contributed by atoms with Gasteiger partial charge in [-0.25, -0.2) is 4.79 Å². The van der Waals surface area contributed by atoms with Gasteiger partial charge in [0.15, 0.2) is 0 Å². The Hall–Kier alpha value is -1.60. The molecule has 1 fully saturated rings. The molecule has 6 nitrogen and oxygen atoms in total. The molecule has 1 heterocycles. The lowest BCUT2D eigenvalue weighted by molar-refractivity contribution is 0.0697. The van der Waals surface area contributed by atoms with Crippen molar-refractivity contribution in [3.63, 3.8) is 0 Å². The van der Waals surface area contributed by atoms with Crippen molar-refractivity contribution >= 4 is 21.8 Å². The number of rotatable bonds is 5. The number of piperidine rings is 1. The van der Waals surface area contributed by atoms with Crippen LogP contribution >= 0.6 is 0 Å². The van der Waals surface area contributed by atoms with E-state index >= 15 is 0 Å². The second-order valence-corrected chi connectivity index (χ2v) is 6.80. The highest BCUT2D eigenvalue weighted by Gasteiger charge is 2.27. The molecule has 0 aliphatic carbocycles. The Morgan fingerprint density at radius 3 is 2.76 bits per heavy atom. The lowest BCUT2D eigenvalue weighted by atomic mass is 10.0. The number of anilines is 1. The number of carboxylic acids is 1. The first-order valence-corrected chi connectivity index (χ1v) is 8.63. The van der Waals surface area contributed by atoms with Crippen LogP contribution in [0.3, 0.4) is 0 Å². The van der Waals surface area contributed by atoms with Gasteiger partial charge in [0.2, 0.25) is 0 Å². The van der Waals surface area contributed by atoms with Gasteiger partial charge in [0.1, 0.15) is 0 Å². The van der Waals surface area contributed by atoms with E-state index < -0.39 is 16.1 Å². The van der Waals surface area contributed by atoms with Crippen molar-refractivity contribution in [2.24, 2.45) is 0 Å². The van der Waals surface area contributed by atoms with Crippen LogP contribution in [-0.4, -0.2) is 44.9 Å². The average molecular weight is 313 g/mol. The Morgan fingerprint density at radius 1 is 1.38 bits per heavy atom. The van der Waals surface area contributed by atoms with Crippen molar-refractivity contribution in [1.29, 1.82) is 0 Å². The third-order valence-corrected chi connectivity index (χ3v) is 4.11. The summed E-state index contributed by atoms with van der Waals surface area (Å²) in [5.41, 5.74) is 0.843. The highest BCUT2D eigenvalue weighted by Crippen LogP contribution is 2.28. The van der Waals surface area contributed by atoms with Gasteiger partial charge in [-0.1, -0.05) is 12.1 Å². The molecular weight excluding hydrogens is 294 g/mol. The minimum absolute atomic E-state index is 0.0484. The molecule has 0 radical (unpaired) electrons. The molecule has 1 aromatic carbocycles. The smallest absolute Gasteiger partial charge is 0.337 e. The van der Waals surface area contributed by atoms with Crippen LogP contribution in [0.2, 0.25) is 0 Å². The molecule has 1 aromatic rings. The zero-order valence-corrected chi connectivity index (χ0v) is 12.7. The molecule has 21 heavy (non-hydrogen) atoms. The topological polar surface area (TPSA) is 83.9 Å². The highest BCUT2D eigenvalue weighted by atomic mass is 32.2. The third-order valence-electron chi connectivity index (χ3n) is 3.55. The van der Waals surface area contributed by atoms with Gasteiger partial charge in [-0.2, -0.15) is 8.42 Å². The molecule has 1 atom stereocenters. The van der Waals surface area contributed by atoms with E-state index in [4.69, 9.17) is 4.18 Å². The van der Waals surface area contributed by atoms with Crippen molar-refractivity contribution < 1.29 is 22.5 Å². The third kappa shape index (κ3) is 4.18. The van der Waals surface area contributed by atoms with E-state index in [2.05, 4.69) is 0 Å². The number of hydrogen-bond acceptors (Lipinski definition) is 5. The zero-order valence-electron chi connectivity index (χ0n) is 11.9. The zero-order chi connectivity index (χ0) is 15.5. The second kappa shape index (κ2) is 6.44. The predicted octanol–water partition coefficient (Wildman–Crippen LogP) is 1.72. The summed E-state index contributed by atoms with van der Waals surface area (Å²) in [4.78, 5) is 13.3. The lowest BCUT2D eigenvalue weighted by Crippen LogP contribution is -2.43. The Labute approximate surface area is 124 Å². The van der Waals surface area contributed by atoms with E-state index in [1.165, 1.54) is 0 Å². The number of hydrogen-bond donors (Lipinski definition) is 1. The van der Waals surface area contributed by atoms with Gasteiger partial charge in [0.05, 0.1) is 30.2 Å². The largest absolute Gasteiger partial charge is 0.478 e. The second-order valence-electron chi connectivity index (χ2n) is 5.15. The number of carbonyl (C=O) groups is 1. The summed E-state index contributed by atoms with van der Waals surface area (Å²) in [5.74, 6) is -0.987. The van der Waals surface area contributed by atoms with Crippen LogP contribution in [0.4, 0.5) is 5.69 Å². The summed E-state index contributed by atoms with van der Waals surface area (Å²) < 4.78 is 27.2. The van der Waals surface area contributed by atoms with Crippen LogP contribution in [0.15, 0.2) is 24.3 Å². The van der Waals surface area contributed by atoms with Gasteiger partial charge in [-0.3, -0.25) is 4.18 Å². The SMILES string of the molecule is CS(=O)(=O)OCC1CCCCN1c1ccccc1C(=O)O. The van der Waals surface area contributed by atoms with Crippen LogP contribution in [-0.2, 0) is 14.3 Å². The number of benzene rings is 1. The molecular formula is C14H19NO5S. The van der Waals surface area contributed by atoms with Gasteiger partial charge in [0.25, 0.3) is 10.1 Å². The summed E-state index contributed by atoms with van der Waals surface area (Å²) in [6.45, 7) is 0.745. The summed E-state index contributed by atoms with van der Waals surface area (Å²) in [6.07, 6.45) is 3.72. The van der Waals surface area contributed by atoms with Crippen molar-refractivity contribution in [2.45, 2.75) is 25.3 Å². The maximum Gasteiger partial charge on any atom is 0.337 e. The van der Waals surface area contributed by atoms with Crippen LogP contribution in [0.25, 0.3) is 0 Å². The van der Waals surface area contributed by atoms with Crippen LogP contribution < -0.4 is 4.90 Å². The van der Waals surface area contributed by atoms with E-state index in [1.54, 1.807) is 24.3 Å². The van der Waals surface area contributed by atoms with Crippen LogP contribution in [0, 0.1) is 0 Å². The highest BCUT2D eigenvalue weighted by molar-refractivity contribution is 7.85. The first kappa shape index (κ1) is 15.8. The van der Waals surface area contributed by atoms with Crippen molar-refractivity contribution in [3.05, 3.63) is 29.8 Å². The summed E-state index contributed by atoms with van der Waals surface area (Å²) >= 11 is 0. The predicted molar refractivity (Wildman–Crippen MR) is 79.2 cm³/mol. The fraction of sp³-hybridized carbons (Fsp3) is 0.500. The molecule has 2 rings (SSSR count). The minimum atomic E-state index is -3.50. The van der Waals surface area contributed by atoms with Gasteiger partial charge in [-0.05, 0) is 31.4 Å². The maximum atomic E-state index is 11.3.